The molecule has 3 aromatic rings. The molecule has 1 heterocycles. The van der Waals surface area contributed by atoms with Crippen LogP contribution in [0.1, 0.15) is 27.2 Å². The maximum Gasteiger partial charge on any atom is 0.352 e. The number of carboxylic acids is 1. The summed E-state index contributed by atoms with van der Waals surface area (Å²) in [4.78, 5) is 24.5. The summed E-state index contributed by atoms with van der Waals surface area (Å²) in [5, 5.41) is 13.3. The number of carbonyl (C=O) groups is 2. The number of aromatic carboxylic acids is 1. The third kappa shape index (κ3) is 3.51. The van der Waals surface area contributed by atoms with E-state index in [1.165, 1.54) is 7.11 Å². The van der Waals surface area contributed by atoms with Gasteiger partial charge in [-0.3, -0.25) is 4.79 Å². The highest BCUT2D eigenvalue weighted by Crippen LogP contribution is 2.29. The molecule has 0 spiro atoms. The molecule has 6 heteroatoms. The number of anilines is 1. The molecule has 140 valence electrons. The van der Waals surface area contributed by atoms with Crippen molar-refractivity contribution in [3.63, 3.8) is 0 Å². The topological polar surface area (TPSA) is 80.6 Å². The second kappa shape index (κ2) is 7.15. The van der Waals surface area contributed by atoms with Crippen molar-refractivity contribution in [1.29, 1.82) is 0 Å². The maximum absolute atomic E-state index is 12.7. The summed E-state index contributed by atoms with van der Waals surface area (Å²) >= 11 is 0. The highest BCUT2D eigenvalue weighted by atomic mass is 16.5. The van der Waals surface area contributed by atoms with Gasteiger partial charge in [-0.15, -0.1) is 0 Å². The number of amides is 1. The van der Waals surface area contributed by atoms with E-state index < -0.39 is 5.97 Å². The van der Waals surface area contributed by atoms with Gasteiger partial charge in [0.2, 0.25) is 5.91 Å². The van der Waals surface area contributed by atoms with Gasteiger partial charge in [-0.2, -0.15) is 0 Å². The van der Waals surface area contributed by atoms with Crippen LogP contribution in [-0.4, -0.2) is 28.7 Å². The van der Waals surface area contributed by atoms with Crippen molar-refractivity contribution >= 4 is 28.5 Å². The molecule has 6 nitrogen and oxygen atoms in total. The fourth-order valence-electron chi connectivity index (χ4n) is 3.36. The number of methoxy groups -OCH3 is 1. The number of aromatic nitrogens is 1. The number of nitrogens with zero attached hydrogens (tertiary/aromatic N) is 1. The molecule has 0 fully saturated rings. The zero-order valence-electron chi connectivity index (χ0n) is 15.8. The Morgan fingerprint density at radius 1 is 1.11 bits per heavy atom. The zero-order valence-corrected chi connectivity index (χ0v) is 15.8. The minimum atomic E-state index is -1.05. The first-order chi connectivity index (χ1) is 12.8. The number of hydrogen-bond donors (Lipinski definition) is 2. The predicted octanol–water partition coefficient (Wildman–Crippen LogP) is 3.68. The number of ether oxygens (including phenoxy) is 1. The fourth-order valence-corrected chi connectivity index (χ4v) is 3.36. The number of rotatable bonds is 5. The molecular formula is C21H22N2O4. The van der Waals surface area contributed by atoms with Crippen LogP contribution in [-0.2, 0) is 18.3 Å². The van der Waals surface area contributed by atoms with Gasteiger partial charge in [-0.1, -0.05) is 17.7 Å². The third-order valence-electron chi connectivity index (χ3n) is 4.63. The number of aryl methyl sites for hydroxylation is 3. The Balaban J connectivity index is 2.00. The average molecular weight is 366 g/mol. The molecule has 0 radical (unpaired) electrons. The van der Waals surface area contributed by atoms with Gasteiger partial charge >= 0.3 is 5.97 Å². The molecule has 1 amide bonds. The van der Waals surface area contributed by atoms with E-state index in [1.807, 2.05) is 44.2 Å². The van der Waals surface area contributed by atoms with Crippen molar-refractivity contribution in [2.45, 2.75) is 20.3 Å². The Morgan fingerprint density at radius 2 is 1.78 bits per heavy atom. The number of carbonyl (C=O) groups excluding carboxylic acids is 1. The Kier molecular flexibility index (Phi) is 4.90. The van der Waals surface area contributed by atoms with Gasteiger partial charge in [0.15, 0.2) is 0 Å². The van der Waals surface area contributed by atoms with Gasteiger partial charge in [0, 0.05) is 23.5 Å². The highest BCUT2D eigenvalue weighted by molar-refractivity contribution is 6.03. The van der Waals surface area contributed by atoms with Crippen molar-refractivity contribution in [2.24, 2.45) is 7.05 Å². The number of carboxylic acid groups (broad SMARTS) is 1. The summed E-state index contributed by atoms with van der Waals surface area (Å²) in [6, 6.07) is 11.2. The lowest BCUT2D eigenvalue weighted by Crippen LogP contribution is -2.17. The van der Waals surface area contributed by atoms with E-state index in [4.69, 9.17) is 4.74 Å². The minimum Gasteiger partial charge on any atom is -0.495 e. The molecule has 0 aliphatic carbocycles. The summed E-state index contributed by atoms with van der Waals surface area (Å²) in [5.74, 6) is -0.793. The van der Waals surface area contributed by atoms with Gasteiger partial charge in [0.1, 0.15) is 11.4 Å². The van der Waals surface area contributed by atoms with Crippen LogP contribution < -0.4 is 10.1 Å². The quantitative estimate of drug-likeness (QED) is 0.722. The monoisotopic (exact) mass is 366 g/mol. The van der Waals surface area contributed by atoms with Gasteiger partial charge in [-0.25, -0.2) is 4.79 Å². The fraction of sp³-hybridized carbons (Fsp3) is 0.238. The van der Waals surface area contributed by atoms with Gasteiger partial charge in [0.25, 0.3) is 0 Å². The van der Waals surface area contributed by atoms with E-state index >= 15 is 0 Å². The molecule has 1 aromatic heterocycles. The molecule has 3 rings (SSSR count). The molecule has 2 N–H and O–H groups in total. The molecule has 27 heavy (non-hydrogen) atoms. The van der Waals surface area contributed by atoms with Gasteiger partial charge in [-0.05, 0) is 43.7 Å². The highest BCUT2D eigenvalue weighted by Gasteiger charge is 2.23. The van der Waals surface area contributed by atoms with Crippen LogP contribution in [0.2, 0.25) is 0 Å². The molecular weight excluding hydrogens is 344 g/mol. The standard InChI is InChI=1S/C21H22N2O4/c1-12-5-7-17-14(9-12)15(20(21(25)26)23(17)3)11-19(24)22-16-10-13(2)6-8-18(16)27-4/h5-10H,11H2,1-4H3,(H,22,24)(H,25,26). The van der Waals surface area contributed by atoms with Crippen LogP contribution in [0, 0.1) is 13.8 Å². The summed E-state index contributed by atoms with van der Waals surface area (Å²) < 4.78 is 6.91. The molecule has 0 aliphatic heterocycles. The molecule has 0 saturated heterocycles. The van der Waals surface area contributed by atoms with Crippen molar-refractivity contribution in [3.05, 3.63) is 58.8 Å². The second-order valence-electron chi connectivity index (χ2n) is 6.64. The first-order valence-electron chi connectivity index (χ1n) is 8.57. The zero-order chi connectivity index (χ0) is 19.7. The second-order valence-corrected chi connectivity index (χ2v) is 6.64. The van der Waals surface area contributed by atoms with Crippen LogP contribution in [0.4, 0.5) is 5.69 Å². The van der Waals surface area contributed by atoms with Crippen molar-refractivity contribution in [1.82, 2.24) is 4.57 Å². The van der Waals surface area contributed by atoms with E-state index in [-0.39, 0.29) is 18.0 Å². The van der Waals surface area contributed by atoms with Crippen LogP contribution >= 0.6 is 0 Å². The van der Waals surface area contributed by atoms with Crippen molar-refractivity contribution < 1.29 is 19.4 Å². The van der Waals surface area contributed by atoms with E-state index in [0.29, 0.717) is 17.0 Å². The minimum absolute atomic E-state index is 0.0421. The smallest absolute Gasteiger partial charge is 0.352 e. The van der Waals surface area contributed by atoms with E-state index in [0.717, 1.165) is 22.0 Å². The summed E-state index contributed by atoms with van der Waals surface area (Å²) in [6.07, 6.45) is -0.0421. The van der Waals surface area contributed by atoms with Gasteiger partial charge in [0.05, 0.1) is 19.2 Å². The molecule has 0 unspecified atom stereocenters. The van der Waals surface area contributed by atoms with Crippen molar-refractivity contribution in [2.75, 3.05) is 12.4 Å². The molecule has 0 aliphatic rings. The Labute approximate surface area is 157 Å². The van der Waals surface area contributed by atoms with Gasteiger partial charge < -0.3 is 19.7 Å². The average Bonchev–Trinajstić information content (AvgIpc) is 2.86. The van der Waals surface area contributed by atoms with E-state index in [1.54, 1.807) is 17.7 Å². The largest absolute Gasteiger partial charge is 0.495 e. The molecule has 0 atom stereocenters. The SMILES string of the molecule is COc1ccc(C)cc1NC(=O)Cc1c(C(=O)O)n(C)c2ccc(C)cc12. The van der Waals surface area contributed by atoms with Crippen LogP contribution in [0.5, 0.6) is 5.75 Å². The van der Waals surface area contributed by atoms with Crippen LogP contribution in [0.25, 0.3) is 10.9 Å². The number of nitrogens with one attached hydrogen (secondary N) is 1. The Hall–Kier alpha value is -3.28. The summed E-state index contributed by atoms with van der Waals surface area (Å²) in [5.41, 5.74) is 3.98. The lowest BCUT2D eigenvalue weighted by molar-refractivity contribution is -0.115. The summed E-state index contributed by atoms with van der Waals surface area (Å²) in [6.45, 7) is 3.86. The van der Waals surface area contributed by atoms with Crippen molar-refractivity contribution in [3.8, 4) is 5.75 Å². The molecule has 0 saturated carbocycles. The predicted molar refractivity (Wildman–Crippen MR) is 105 cm³/mol. The van der Waals surface area contributed by atoms with E-state index in [9.17, 15) is 14.7 Å². The maximum atomic E-state index is 12.7. The summed E-state index contributed by atoms with van der Waals surface area (Å²) in [7, 11) is 3.24. The number of hydrogen-bond acceptors (Lipinski definition) is 3. The van der Waals surface area contributed by atoms with Crippen LogP contribution in [0.3, 0.4) is 0 Å². The first kappa shape index (κ1) is 18.5. The molecule has 0 bridgehead atoms. The van der Waals surface area contributed by atoms with Crippen LogP contribution in [0.15, 0.2) is 36.4 Å². The van der Waals surface area contributed by atoms with E-state index in [2.05, 4.69) is 5.32 Å². The number of fused-ring (bicyclic) bond motifs is 1. The molecule has 2 aromatic carbocycles. The first-order valence-corrected chi connectivity index (χ1v) is 8.57. The Morgan fingerprint density at radius 3 is 2.44 bits per heavy atom. The lowest BCUT2D eigenvalue weighted by atomic mass is 10.0. The lowest BCUT2D eigenvalue weighted by Gasteiger charge is -2.11. The number of benzene rings is 2. The third-order valence-corrected chi connectivity index (χ3v) is 4.63. The normalized spacial score (nSPS) is 10.8. The Bertz CT molecular complexity index is 1050.